The molecule has 1 aromatic heterocycles. The Balaban J connectivity index is 1.68. The second-order valence-electron chi connectivity index (χ2n) is 8.03. The third-order valence-electron chi connectivity index (χ3n) is 5.80. The Hall–Kier alpha value is -3.56. The van der Waals surface area contributed by atoms with Crippen LogP contribution in [-0.4, -0.2) is 30.5 Å². The SMILES string of the molecule is CCOC(=O)C1=C(C)N=c2sc(=Cc3cc4c(cc3Cl)OCO4)c(=O)n2[C@H]1c1ccc(OCC)cc1. The molecule has 8 nitrogen and oxygen atoms in total. The van der Waals surface area contributed by atoms with Gasteiger partial charge in [-0.3, -0.25) is 9.36 Å². The van der Waals surface area contributed by atoms with Gasteiger partial charge in [-0.25, -0.2) is 9.79 Å². The zero-order valence-corrected chi connectivity index (χ0v) is 21.4. The molecule has 0 radical (unpaired) electrons. The van der Waals surface area contributed by atoms with E-state index >= 15 is 0 Å². The Kier molecular flexibility index (Phi) is 6.59. The standard InChI is InChI=1S/C26H23ClN2O6S/c1-4-32-17-8-6-15(7-9-17)23-22(25(31)33-5-2)14(3)28-26-29(23)24(30)21(36-26)11-16-10-19-20(12-18(16)27)35-13-34-19/h6-12,23H,4-5,13H2,1-3H3/t23-/m0/s1. The van der Waals surface area contributed by atoms with Crippen LogP contribution in [0.4, 0.5) is 0 Å². The molecule has 0 bridgehead atoms. The van der Waals surface area contributed by atoms with Crippen molar-refractivity contribution in [3.05, 3.63) is 83.5 Å². The van der Waals surface area contributed by atoms with E-state index in [1.54, 1.807) is 32.1 Å². The number of thiazole rings is 1. The quantitative estimate of drug-likeness (QED) is 0.456. The second-order valence-corrected chi connectivity index (χ2v) is 9.45. The maximum absolute atomic E-state index is 13.7. The van der Waals surface area contributed by atoms with Crippen LogP contribution < -0.4 is 29.1 Å². The fourth-order valence-corrected chi connectivity index (χ4v) is 5.45. The van der Waals surface area contributed by atoms with Crippen LogP contribution in [0.3, 0.4) is 0 Å². The van der Waals surface area contributed by atoms with Crippen LogP contribution in [0.1, 0.15) is 37.9 Å². The summed E-state index contributed by atoms with van der Waals surface area (Å²) in [5.41, 5.74) is 1.89. The molecule has 1 atom stereocenters. The van der Waals surface area contributed by atoms with E-state index in [0.717, 1.165) is 5.56 Å². The third kappa shape index (κ3) is 4.29. The highest BCUT2D eigenvalue weighted by molar-refractivity contribution is 7.07. The lowest BCUT2D eigenvalue weighted by atomic mass is 9.96. The minimum Gasteiger partial charge on any atom is -0.494 e. The number of allylic oxidation sites excluding steroid dienone is 1. The van der Waals surface area contributed by atoms with E-state index in [1.807, 2.05) is 31.2 Å². The fraction of sp³-hybridized carbons (Fsp3) is 0.269. The van der Waals surface area contributed by atoms with E-state index in [-0.39, 0.29) is 19.0 Å². The molecule has 186 valence electrons. The number of halogens is 1. The van der Waals surface area contributed by atoms with Gasteiger partial charge in [-0.2, -0.15) is 0 Å². The lowest BCUT2D eigenvalue weighted by Crippen LogP contribution is -2.39. The number of esters is 1. The Morgan fingerprint density at radius 1 is 1.19 bits per heavy atom. The van der Waals surface area contributed by atoms with E-state index in [0.29, 0.717) is 55.0 Å². The molecule has 2 aromatic carbocycles. The predicted molar refractivity (Wildman–Crippen MR) is 136 cm³/mol. The number of carbonyl (C=O) groups excluding carboxylic acids is 1. The number of hydrogen-bond acceptors (Lipinski definition) is 8. The molecule has 0 fully saturated rings. The number of ether oxygens (including phenoxy) is 4. The summed E-state index contributed by atoms with van der Waals surface area (Å²) in [6.45, 7) is 6.26. The number of fused-ring (bicyclic) bond motifs is 2. The highest BCUT2D eigenvalue weighted by Crippen LogP contribution is 2.37. The average Bonchev–Trinajstić information content (AvgIpc) is 3.43. The largest absolute Gasteiger partial charge is 0.494 e. The maximum atomic E-state index is 13.7. The van der Waals surface area contributed by atoms with Gasteiger partial charge in [0.25, 0.3) is 5.56 Å². The molecule has 0 spiro atoms. The van der Waals surface area contributed by atoms with Crippen LogP contribution in [0.5, 0.6) is 17.2 Å². The molecule has 36 heavy (non-hydrogen) atoms. The van der Waals surface area contributed by atoms with E-state index in [9.17, 15) is 9.59 Å². The molecule has 2 aliphatic rings. The summed E-state index contributed by atoms with van der Waals surface area (Å²) >= 11 is 7.67. The van der Waals surface area contributed by atoms with Crippen molar-refractivity contribution in [2.45, 2.75) is 26.8 Å². The Morgan fingerprint density at radius 3 is 2.61 bits per heavy atom. The first-order chi connectivity index (χ1) is 17.4. The summed E-state index contributed by atoms with van der Waals surface area (Å²) in [4.78, 5) is 31.8. The molecule has 2 aliphatic heterocycles. The van der Waals surface area contributed by atoms with Crippen molar-refractivity contribution in [1.29, 1.82) is 0 Å². The normalized spacial score (nSPS) is 16.6. The van der Waals surface area contributed by atoms with E-state index in [4.69, 9.17) is 30.5 Å². The van der Waals surface area contributed by atoms with Crippen LogP contribution in [-0.2, 0) is 9.53 Å². The van der Waals surface area contributed by atoms with Crippen LogP contribution in [0, 0.1) is 0 Å². The first-order valence-electron chi connectivity index (χ1n) is 11.4. The Bertz CT molecular complexity index is 1550. The molecule has 0 N–H and O–H groups in total. The van der Waals surface area contributed by atoms with Crippen LogP contribution in [0.25, 0.3) is 6.08 Å². The van der Waals surface area contributed by atoms with Crippen LogP contribution >= 0.6 is 22.9 Å². The maximum Gasteiger partial charge on any atom is 0.338 e. The van der Waals surface area contributed by atoms with Gasteiger partial charge in [0.05, 0.1) is 40.1 Å². The highest BCUT2D eigenvalue weighted by atomic mass is 35.5. The van der Waals surface area contributed by atoms with Crippen molar-refractivity contribution in [2.24, 2.45) is 4.99 Å². The summed E-state index contributed by atoms with van der Waals surface area (Å²) in [6, 6.07) is 10.0. The van der Waals surface area contributed by atoms with Gasteiger partial charge in [0.2, 0.25) is 6.79 Å². The first kappa shape index (κ1) is 24.1. The first-order valence-corrected chi connectivity index (χ1v) is 12.6. The topological polar surface area (TPSA) is 88.4 Å². The molecule has 3 heterocycles. The van der Waals surface area contributed by atoms with Gasteiger partial charge in [0.1, 0.15) is 5.75 Å². The average molecular weight is 527 g/mol. The van der Waals surface area contributed by atoms with E-state index in [1.165, 1.54) is 15.9 Å². The summed E-state index contributed by atoms with van der Waals surface area (Å²) in [6.07, 6.45) is 1.70. The molecule has 0 amide bonds. The van der Waals surface area contributed by atoms with Crippen molar-refractivity contribution >= 4 is 35.0 Å². The Labute approximate surface area is 215 Å². The summed E-state index contributed by atoms with van der Waals surface area (Å²) in [5.74, 6) is 1.31. The molecule has 0 aliphatic carbocycles. The van der Waals surface area contributed by atoms with Crippen molar-refractivity contribution < 1.29 is 23.7 Å². The minimum atomic E-state index is -0.703. The fourth-order valence-electron chi connectivity index (χ4n) is 4.20. The zero-order valence-electron chi connectivity index (χ0n) is 19.9. The zero-order chi connectivity index (χ0) is 25.4. The van der Waals surface area contributed by atoms with Gasteiger partial charge >= 0.3 is 5.97 Å². The third-order valence-corrected chi connectivity index (χ3v) is 7.11. The smallest absolute Gasteiger partial charge is 0.338 e. The lowest BCUT2D eigenvalue weighted by Gasteiger charge is -2.24. The summed E-state index contributed by atoms with van der Waals surface area (Å²) < 4.78 is 23.7. The van der Waals surface area contributed by atoms with Crippen LogP contribution in [0.15, 0.2) is 57.5 Å². The van der Waals surface area contributed by atoms with Crippen molar-refractivity contribution in [2.75, 3.05) is 20.0 Å². The molecule has 3 aromatic rings. The summed E-state index contributed by atoms with van der Waals surface area (Å²) in [7, 11) is 0. The van der Waals surface area contributed by atoms with Gasteiger partial charge in [-0.1, -0.05) is 35.1 Å². The van der Waals surface area contributed by atoms with Gasteiger partial charge in [0, 0.05) is 6.07 Å². The minimum absolute atomic E-state index is 0.120. The van der Waals surface area contributed by atoms with Gasteiger partial charge in [-0.15, -0.1) is 0 Å². The number of rotatable bonds is 6. The van der Waals surface area contributed by atoms with Gasteiger partial charge in [-0.05, 0) is 56.2 Å². The van der Waals surface area contributed by atoms with Crippen molar-refractivity contribution in [1.82, 2.24) is 4.57 Å². The number of nitrogens with zero attached hydrogens (tertiary/aromatic N) is 2. The second kappa shape index (κ2) is 9.83. The van der Waals surface area contributed by atoms with Crippen molar-refractivity contribution in [3.8, 4) is 17.2 Å². The van der Waals surface area contributed by atoms with Gasteiger partial charge < -0.3 is 18.9 Å². The van der Waals surface area contributed by atoms with Crippen molar-refractivity contribution in [3.63, 3.8) is 0 Å². The number of benzene rings is 2. The summed E-state index contributed by atoms with van der Waals surface area (Å²) in [5, 5.41) is 0.427. The molecule has 0 unspecified atom stereocenters. The number of hydrogen-bond donors (Lipinski definition) is 0. The Morgan fingerprint density at radius 2 is 1.92 bits per heavy atom. The van der Waals surface area contributed by atoms with Crippen LogP contribution in [0.2, 0.25) is 5.02 Å². The monoisotopic (exact) mass is 526 g/mol. The lowest BCUT2D eigenvalue weighted by molar-refractivity contribution is -0.139. The molecular formula is C26H23ClN2O6S. The highest BCUT2D eigenvalue weighted by Gasteiger charge is 2.33. The number of carbonyl (C=O) groups is 1. The molecular weight excluding hydrogens is 504 g/mol. The number of aromatic nitrogens is 1. The predicted octanol–water partition coefficient (Wildman–Crippen LogP) is 3.58. The molecule has 10 heteroatoms. The van der Waals surface area contributed by atoms with E-state index < -0.39 is 12.0 Å². The van der Waals surface area contributed by atoms with E-state index in [2.05, 4.69) is 4.99 Å². The van der Waals surface area contributed by atoms with Gasteiger partial charge in [0.15, 0.2) is 16.3 Å². The molecule has 0 saturated carbocycles. The molecule has 5 rings (SSSR count). The molecule has 0 saturated heterocycles.